The standard InChI is InChI=1S/C29H26Cl2N4O6S/c1-17-13-19-9-7-8-12-23(19)34(17)25(36)16-41-29(38)20-14-22(30)26(31)24(15-20)42(39,40)32-27-18(2)33(3)35(28(27)37)21-10-5-4-6-11-21/h4-12,14-15,17,32H,13,16H2,1-3H3. The Kier molecular flexibility index (Phi) is 7.93. The third-order valence-corrected chi connectivity index (χ3v) is 9.40. The largest absolute Gasteiger partial charge is 0.452 e. The van der Waals surface area contributed by atoms with Gasteiger partial charge in [0.25, 0.3) is 21.5 Å². The summed E-state index contributed by atoms with van der Waals surface area (Å²) < 4.78 is 37.3. The number of anilines is 2. The Bertz CT molecular complexity index is 1890. The van der Waals surface area contributed by atoms with Crippen molar-refractivity contribution in [3.8, 4) is 5.69 Å². The van der Waals surface area contributed by atoms with Gasteiger partial charge in [-0.3, -0.25) is 19.0 Å². The highest BCUT2D eigenvalue weighted by molar-refractivity contribution is 7.92. The van der Waals surface area contributed by atoms with Crippen molar-refractivity contribution in [1.82, 2.24) is 9.36 Å². The van der Waals surface area contributed by atoms with Crippen molar-refractivity contribution in [3.63, 3.8) is 0 Å². The van der Waals surface area contributed by atoms with Crippen molar-refractivity contribution < 1.29 is 22.7 Å². The smallest absolute Gasteiger partial charge is 0.338 e. The van der Waals surface area contributed by atoms with Crippen molar-refractivity contribution in [2.75, 3.05) is 16.2 Å². The number of ether oxygens (including phenoxy) is 1. The first-order valence-corrected chi connectivity index (χ1v) is 15.1. The fourth-order valence-corrected chi connectivity index (χ4v) is 6.91. The maximum Gasteiger partial charge on any atom is 0.338 e. The minimum Gasteiger partial charge on any atom is -0.452 e. The van der Waals surface area contributed by atoms with Gasteiger partial charge in [0, 0.05) is 18.8 Å². The second kappa shape index (κ2) is 11.3. The Hall–Kier alpha value is -4.06. The molecule has 0 radical (unpaired) electrons. The number of carbonyl (C=O) groups excluding carboxylic acids is 2. The van der Waals surface area contributed by atoms with Gasteiger partial charge >= 0.3 is 5.97 Å². The molecule has 0 saturated heterocycles. The number of esters is 1. The number of nitrogens with zero attached hydrogens (tertiary/aromatic N) is 3. The van der Waals surface area contributed by atoms with E-state index in [0.29, 0.717) is 17.8 Å². The molecule has 1 aliphatic rings. The van der Waals surface area contributed by atoms with Crippen molar-refractivity contribution in [2.45, 2.75) is 31.2 Å². The third-order valence-electron chi connectivity index (χ3n) is 7.11. The Morgan fingerprint density at radius 1 is 1.05 bits per heavy atom. The fourth-order valence-electron chi connectivity index (χ4n) is 4.98. The number of benzene rings is 3. The van der Waals surface area contributed by atoms with Crippen LogP contribution in [0, 0.1) is 6.92 Å². The van der Waals surface area contributed by atoms with E-state index in [2.05, 4.69) is 4.72 Å². The molecule has 1 atom stereocenters. The molecule has 5 rings (SSSR count). The topological polar surface area (TPSA) is 120 Å². The van der Waals surface area contributed by atoms with Crippen LogP contribution in [-0.4, -0.2) is 42.3 Å². The molecular formula is C29H26Cl2N4O6S. The molecule has 1 unspecified atom stereocenters. The van der Waals surface area contributed by atoms with Crippen molar-refractivity contribution >= 4 is 56.5 Å². The Morgan fingerprint density at radius 3 is 2.43 bits per heavy atom. The van der Waals surface area contributed by atoms with Crippen molar-refractivity contribution in [2.24, 2.45) is 7.05 Å². The zero-order valence-electron chi connectivity index (χ0n) is 22.8. The van der Waals surface area contributed by atoms with E-state index in [1.807, 2.05) is 31.2 Å². The Labute approximate surface area is 252 Å². The predicted molar refractivity (Wildman–Crippen MR) is 160 cm³/mol. The van der Waals surface area contributed by atoms with Crippen LogP contribution in [-0.2, 0) is 33.0 Å². The highest BCUT2D eigenvalue weighted by Gasteiger charge is 2.32. The zero-order valence-corrected chi connectivity index (χ0v) is 25.1. The SMILES string of the molecule is Cc1c(NS(=O)(=O)c2cc(C(=O)OCC(=O)N3c4ccccc4CC3C)cc(Cl)c2Cl)c(=O)n(-c2ccccc2)n1C. The van der Waals surface area contributed by atoms with Crippen LogP contribution in [0.15, 0.2) is 76.4 Å². The summed E-state index contributed by atoms with van der Waals surface area (Å²) >= 11 is 12.5. The molecule has 0 fully saturated rings. The molecule has 1 aliphatic heterocycles. The number of fused-ring (bicyclic) bond motifs is 1. The van der Waals surface area contributed by atoms with Crippen LogP contribution < -0.4 is 15.2 Å². The van der Waals surface area contributed by atoms with E-state index in [1.54, 1.807) is 49.2 Å². The number of carbonyl (C=O) groups is 2. The van der Waals surface area contributed by atoms with E-state index in [1.165, 1.54) is 9.36 Å². The number of sulfonamides is 1. The van der Waals surface area contributed by atoms with Gasteiger partial charge in [-0.1, -0.05) is 59.6 Å². The first-order chi connectivity index (χ1) is 19.9. The first kappa shape index (κ1) is 29.4. The lowest BCUT2D eigenvalue weighted by Crippen LogP contribution is -2.38. The van der Waals surface area contributed by atoms with E-state index in [-0.39, 0.29) is 27.3 Å². The number of amides is 1. The van der Waals surface area contributed by atoms with E-state index >= 15 is 0 Å². The van der Waals surface area contributed by atoms with Crippen LogP contribution in [0.3, 0.4) is 0 Å². The predicted octanol–water partition coefficient (Wildman–Crippen LogP) is 4.73. The maximum atomic E-state index is 13.5. The highest BCUT2D eigenvalue weighted by Crippen LogP contribution is 2.34. The number of para-hydroxylation sites is 2. The molecule has 0 spiro atoms. The second-order valence-electron chi connectivity index (χ2n) is 9.83. The number of nitrogens with one attached hydrogen (secondary N) is 1. The van der Waals surface area contributed by atoms with E-state index in [9.17, 15) is 22.8 Å². The highest BCUT2D eigenvalue weighted by atomic mass is 35.5. The van der Waals surface area contributed by atoms with Crippen LogP contribution in [0.4, 0.5) is 11.4 Å². The number of aromatic nitrogens is 2. The molecule has 218 valence electrons. The van der Waals surface area contributed by atoms with E-state index in [0.717, 1.165) is 23.4 Å². The summed E-state index contributed by atoms with van der Waals surface area (Å²) in [6.07, 6.45) is 0.675. The molecule has 3 aromatic carbocycles. The van der Waals surface area contributed by atoms with Crippen LogP contribution in [0.5, 0.6) is 0 Å². The van der Waals surface area contributed by atoms with Gasteiger partial charge in [0.1, 0.15) is 10.6 Å². The number of hydrogen-bond acceptors (Lipinski definition) is 6. The van der Waals surface area contributed by atoms with Crippen molar-refractivity contribution in [3.05, 3.63) is 104 Å². The molecule has 2 heterocycles. The Balaban J connectivity index is 1.39. The lowest BCUT2D eigenvalue weighted by atomic mass is 10.1. The summed E-state index contributed by atoms with van der Waals surface area (Å²) in [7, 11) is -2.90. The molecule has 1 N–H and O–H groups in total. The molecule has 0 saturated carbocycles. The molecule has 4 aromatic rings. The van der Waals surface area contributed by atoms with Gasteiger partial charge in [-0.25, -0.2) is 17.9 Å². The number of rotatable bonds is 7. The van der Waals surface area contributed by atoms with Crippen LogP contribution in [0.2, 0.25) is 10.0 Å². The summed E-state index contributed by atoms with van der Waals surface area (Å²) in [5.74, 6) is -1.40. The average molecular weight is 630 g/mol. The molecule has 42 heavy (non-hydrogen) atoms. The summed E-state index contributed by atoms with van der Waals surface area (Å²) in [5.41, 5.74) is 1.58. The van der Waals surface area contributed by atoms with Crippen LogP contribution in [0.1, 0.15) is 28.5 Å². The van der Waals surface area contributed by atoms with Gasteiger partial charge in [0.2, 0.25) is 0 Å². The van der Waals surface area contributed by atoms with Gasteiger partial charge in [-0.05, 0) is 56.2 Å². The molecule has 10 nitrogen and oxygen atoms in total. The van der Waals surface area contributed by atoms with Crippen molar-refractivity contribution in [1.29, 1.82) is 0 Å². The van der Waals surface area contributed by atoms with Gasteiger partial charge in [0.15, 0.2) is 6.61 Å². The second-order valence-corrected chi connectivity index (χ2v) is 12.3. The van der Waals surface area contributed by atoms with E-state index in [4.69, 9.17) is 27.9 Å². The van der Waals surface area contributed by atoms with Gasteiger partial charge in [0.05, 0.1) is 27.0 Å². The third kappa shape index (κ3) is 5.31. The Morgan fingerprint density at radius 2 is 1.71 bits per heavy atom. The molecule has 1 aromatic heterocycles. The molecule has 1 amide bonds. The maximum absolute atomic E-state index is 13.5. The molecular weight excluding hydrogens is 603 g/mol. The first-order valence-electron chi connectivity index (χ1n) is 12.8. The normalized spacial score (nSPS) is 14.5. The number of halogens is 2. The lowest BCUT2D eigenvalue weighted by Gasteiger charge is -2.22. The minimum atomic E-state index is -4.51. The lowest BCUT2D eigenvalue weighted by molar-refractivity contribution is -0.122. The average Bonchev–Trinajstić information content (AvgIpc) is 3.40. The van der Waals surface area contributed by atoms with Gasteiger partial charge in [-0.2, -0.15) is 0 Å². The van der Waals surface area contributed by atoms with Gasteiger partial charge in [-0.15, -0.1) is 0 Å². The summed E-state index contributed by atoms with van der Waals surface area (Å²) in [6, 6.07) is 18.2. The molecule has 0 aliphatic carbocycles. The number of hydrogen-bond donors (Lipinski definition) is 1. The molecule has 13 heteroatoms. The minimum absolute atomic E-state index is 0.116. The van der Waals surface area contributed by atoms with Gasteiger partial charge < -0.3 is 9.64 Å². The van der Waals surface area contributed by atoms with Crippen LogP contribution in [0.25, 0.3) is 5.69 Å². The van der Waals surface area contributed by atoms with Crippen LogP contribution >= 0.6 is 23.2 Å². The molecule has 0 bridgehead atoms. The van der Waals surface area contributed by atoms with E-state index < -0.39 is 39.0 Å². The summed E-state index contributed by atoms with van der Waals surface area (Å²) in [4.78, 5) is 40.2. The zero-order chi connectivity index (χ0) is 30.3. The monoisotopic (exact) mass is 628 g/mol. The fraction of sp³-hybridized carbons (Fsp3) is 0.207. The summed E-state index contributed by atoms with van der Waals surface area (Å²) in [6.45, 7) is 2.91. The quantitative estimate of drug-likeness (QED) is 0.296. The summed E-state index contributed by atoms with van der Waals surface area (Å²) in [5, 5.41) is -0.581.